The molecule has 51 heavy (non-hydrogen) atoms. The topological polar surface area (TPSA) is 385 Å². The number of hydrogen-bond acceptors (Lipinski definition) is 16. The number of rotatable bonds is 30. The molecule has 22 nitrogen and oxygen atoms in total. The lowest BCUT2D eigenvalue weighted by molar-refractivity contribution is -0.262. The van der Waals surface area contributed by atoms with E-state index in [9.17, 15) is 88.2 Å². The molecule has 0 saturated heterocycles. The van der Waals surface area contributed by atoms with Crippen LogP contribution in [0.25, 0.3) is 0 Å². The number of ketones is 6. The van der Waals surface area contributed by atoms with Crippen LogP contribution in [0.3, 0.4) is 0 Å². The third-order valence-electron chi connectivity index (χ3n) is 7.32. The average molecular weight is 737 g/mol. The Morgan fingerprint density at radius 1 is 0.353 bits per heavy atom. The first-order chi connectivity index (χ1) is 23.5. The van der Waals surface area contributed by atoms with Gasteiger partial charge in [-0.2, -0.15) is 0 Å². The first kappa shape index (κ1) is 45.7. The Labute approximate surface area is 285 Å². The van der Waals surface area contributed by atoms with E-state index in [0.717, 1.165) is 0 Å². The van der Waals surface area contributed by atoms with Crippen LogP contribution in [0.1, 0.15) is 64.2 Å². The largest absolute Gasteiger partial charge is 0.481 e. The van der Waals surface area contributed by atoms with E-state index in [-0.39, 0.29) is 0 Å². The molecule has 0 bridgehead atoms. The van der Waals surface area contributed by atoms with Crippen molar-refractivity contribution in [2.24, 2.45) is 5.41 Å². The highest BCUT2D eigenvalue weighted by atomic mass is 16.5. The van der Waals surface area contributed by atoms with E-state index < -0.39 is 178 Å². The van der Waals surface area contributed by atoms with Crippen LogP contribution in [-0.4, -0.2) is 149 Å². The van der Waals surface area contributed by atoms with Gasteiger partial charge in [0.2, 0.25) is 0 Å². The van der Waals surface area contributed by atoms with Gasteiger partial charge in [-0.1, -0.05) is 0 Å². The Balaban J connectivity index is 8.45. The molecule has 22 heteroatoms. The second-order valence-electron chi connectivity index (χ2n) is 11.3. The van der Waals surface area contributed by atoms with Gasteiger partial charge in [-0.3, -0.25) is 57.5 Å². The highest BCUT2D eigenvalue weighted by molar-refractivity contribution is 6.00. The van der Waals surface area contributed by atoms with Gasteiger partial charge in [0.15, 0.2) is 11.6 Å². The fourth-order valence-electron chi connectivity index (χ4n) is 5.40. The van der Waals surface area contributed by atoms with Crippen LogP contribution in [-0.2, 0) is 67.0 Å². The smallest absolute Gasteiger partial charge is 0.310 e. The van der Waals surface area contributed by atoms with Crippen LogP contribution in [0.15, 0.2) is 0 Å². The maximum atomic E-state index is 13.1. The Hall–Kier alpha value is -5.32. The van der Waals surface area contributed by atoms with Crippen LogP contribution in [0.5, 0.6) is 0 Å². The molecule has 0 radical (unpaired) electrons. The van der Waals surface area contributed by atoms with Crippen molar-refractivity contribution < 1.29 is 108 Å². The van der Waals surface area contributed by atoms with E-state index >= 15 is 0 Å². The Kier molecular flexibility index (Phi) is 18.3. The quantitative estimate of drug-likeness (QED) is 0.0347. The molecule has 0 aromatic rings. The summed E-state index contributed by atoms with van der Waals surface area (Å²) in [4.78, 5) is 146. The first-order valence-corrected chi connectivity index (χ1v) is 14.4. The monoisotopic (exact) mass is 736 g/mol. The van der Waals surface area contributed by atoms with Crippen molar-refractivity contribution in [2.75, 3.05) is 26.4 Å². The molecule has 0 rings (SSSR count). The number of carboxylic acids is 6. The van der Waals surface area contributed by atoms with E-state index in [1.165, 1.54) is 0 Å². The van der Waals surface area contributed by atoms with Gasteiger partial charge in [0.05, 0.1) is 29.8 Å². The van der Waals surface area contributed by atoms with Crippen LogP contribution < -0.4 is 0 Å². The Bertz CT molecular complexity index is 1260. The minimum Gasteiger partial charge on any atom is -0.481 e. The second-order valence-corrected chi connectivity index (χ2v) is 11.3. The van der Waals surface area contributed by atoms with Gasteiger partial charge in [-0.25, -0.2) is 0 Å². The zero-order valence-corrected chi connectivity index (χ0v) is 26.7. The van der Waals surface area contributed by atoms with Crippen molar-refractivity contribution in [1.29, 1.82) is 0 Å². The fourth-order valence-corrected chi connectivity index (χ4v) is 5.40. The zero-order valence-electron chi connectivity index (χ0n) is 26.7. The number of ether oxygens (including phenoxy) is 2. The van der Waals surface area contributed by atoms with Crippen molar-refractivity contribution in [3.05, 3.63) is 0 Å². The molecule has 0 unspecified atom stereocenters. The van der Waals surface area contributed by atoms with E-state index in [0.29, 0.717) is 0 Å². The van der Waals surface area contributed by atoms with Crippen molar-refractivity contribution >= 4 is 70.5 Å². The summed E-state index contributed by atoms with van der Waals surface area (Å²) in [5.74, 6) is -19.6. The predicted octanol–water partition coefficient (Wildman–Crippen LogP) is -2.71. The molecule has 0 aromatic heterocycles. The fraction of sp³-hybridized carbons (Fsp3) is 0.586. The van der Waals surface area contributed by atoms with Crippen molar-refractivity contribution in [1.82, 2.24) is 0 Å². The number of Topliss-reactive ketones (excluding diaryl/α,β-unsaturated/α-hetero) is 6. The van der Waals surface area contributed by atoms with Gasteiger partial charge in [0.1, 0.15) is 74.9 Å². The first-order valence-electron chi connectivity index (χ1n) is 14.4. The summed E-state index contributed by atoms with van der Waals surface area (Å²) in [7, 11) is 0. The van der Waals surface area contributed by atoms with E-state index in [2.05, 4.69) is 0 Å². The highest BCUT2D eigenvalue weighted by Crippen LogP contribution is 2.53. The third-order valence-corrected chi connectivity index (χ3v) is 7.32. The molecule has 0 atom stereocenters. The molecule has 0 aliphatic carbocycles. The minimum absolute atomic E-state index is 1.33. The van der Waals surface area contributed by atoms with E-state index in [1.54, 1.807) is 0 Å². The number of carbonyl (C=O) groups is 12. The predicted molar refractivity (Wildman–Crippen MR) is 156 cm³/mol. The number of aliphatic carboxylic acids is 6. The summed E-state index contributed by atoms with van der Waals surface area (Å²) >= 11 is 0. The number of aliphatic hydroxyl groups is 2. The lowest BCUT2D eigenvalue weighted by atomic mass is 9.55. The molecule has 0 saturated carbocycles. The summed E-state index contributed by atoms with van der Waals surface area (Å²) in [6.07, 6.45) is -14.7. The highest BCUT2D eigenvalue weighted by Gasteiger charge is 2.66. The molecular weight excluding hydrogens is 700 g/mol. The van der Waals surface area contributed by atoms with Gasteiger partial charge in [-0.15, -0.1) is 0 Å². The number of carboxylic acid groups (broad SMARTS) is 6. The Morgan fingerprint density at radius 2 is 0.549 bits per heavy atom. The van der Waals surface area contributed by atoms with Crippen LogP contribution in [0.4, 0.5) is 0 Å². The number of hydrogen-bond donors (Lipinski definition) is 8. The maximum Gasteiger partial charge on any atom is 0.310 e. The van der Waals surface area contributed by atoms with Gasteiger partial charge in [0.25, 0.3) is 0 Å². The van der Waals surface area contributed by atoms with Crippen molar-refractivity contribution in [3.8, 4) is 0 Å². The van der Waals surface area contributed by atoms with E-state index in [4.69, 9.17) is 19.7 Å². The molecule has 0 spiro atoms. The van der Waals surface area contributed by atoms with Crippen LogP contribution in [0, 0.1) is 5.41 Å². The standard InChI is InChI=1S/C29H36O22/c30-13-27(14-31,28(7-15(32)1-21(38)39,8-16(33)2-22(40)41)50-11-19(36)5-25(46)47)29(9-17(34)3-23(42)43,10-18(35)4-24(44)45)51-12-20(37)6-26(48)49/h30-31H,1-14H2,(H,38,39)(H,40,41)(H,42,43)(H,44,45)(H,46,47)(H,48,49). The summed E-state index contributed by atoms with van der Waals surface area (Å²) < 4.78 is 11.1. The summed E-state index contributed by atoms with van der Waals surface area (Å²) in [5, 5.41) is 77.3. The SMILES string of the molecule is O=C(O)CC(=O)COC(CC(=O)CC(=O)O)(CC(=O)CC(=O)O)C(CO)(CO)C(CC(=O)CC(=O)O)(CC(=O)CC(=O)O)OCC(=O)CC(=O)O. The molecule has 0 fully saturated rings. The normalized spacial score (nSPS) is 11.6. The number of carbonyl (C=O) groups excluding carboxylic acids is 6. The van der Waals surface area contributed by atoms with Crippen molar-refractivity contribution in [2.45, 2.75) is 75.4 Å². The molecule has 0 amide bonds. The molecular formula is C29H36O22. The van der Waals surface area contributed by atoms with Gasteiger partial charge in [0, 0.05) is 25.7 Å². The number of aliphatic hydroxyl groups excluding tert-OH is 2. The van der Waals surface area contributed by atoms with E-state index in [1.807, 2.05) is 0 Å². The van der Waals surface area contributed by atoms with Gasteiger partial charge >= 0.3 is 35.8 Å². The molecule has 0 aromatic carbocycles. The lowest BCUT2D eigenvalue weighted by Gasteiger charge is -2.57. The second kappa shape index (κ2) is 20.4. The minimum atomic E-state index is -3.25. The summed E-state index contributed by atoms with van der Waals surface area (Å²) in [6.45, 7) is -6.58. The van der Waals surface area contributed by atoms with Gasteiger partial charge < -0.3 is 50.3 Å². The lowest BCUT2D eigenvalue weighted by Crippen LogP contribution is -2.70. The van der Waals surface area contributed by atoms with Crippen molar-refractivity contribution in [3.63, 3.8) is 0 Å². The molecule has 0 aliphatic heterocycles. The average Bonchev–Trinajstić information content (AvgIpc) is 2.93. The summed E-state index contributed by atoms with van der Waals surface area (Å²) in [6, 6.07) is 0. The summed E-state index contributed by atoms with van der Waals surface area (Å²) in [5.41, 5.74) is -9.71. The van der Waals surface area contributed by atoms with Crippen LogP contribution >= 0.6 is 0 Å². The third kappa shape index (κ3) is 14.6. The molecule has 0 aliphatic rings. The van der Waals surface area contributed by atoms with Gasteiger partial charge in [-0.05, 0) is 0 Å². The Morgan fingerprint density at radius 3 is 0.725 bits per heavy atom. The molecule has 284 valence electrons. The maximum absolute atomic E-state index is 13.1. The molecule has 0 heterocycles. The zero-order chi connectivity index (χ0) is 39.7. The van der Waals surface area contributed by atoms with Crippen LogP contribution in [0.2, 0.25) is 0 Å². The molecule has 8 N–H and O–H groups in total.